The molecule has 0 aromatic heterocycles. The largest absolute Gasteiger partial charge is 0.278 e. The Hall–Kier alpha value is -0.120. The average molecular weight is 99.1 g/mol. The Labute approximate surface area is 43.9 Å². The van der Waals surface area contributed by atoms with E-state index in [9.17, 15) is 0 Å². The lowest BCUT2D eigenvalue weighted by Gasteiger charge is -2.14. The molecule has 1 aliphatic rings. The highest BCUT2D eigenvalue weighted by atomic mass is 15.7. The summed E-state index contributed by atoms with van der Waals surface area (Å²) in [5.41, 5.74) is 0. The predicted octanol–water partition coefficient (Wildman–Crippen LogP) is -0.678. The molecule has 0 unspecified atom stereocenters. The fraction of sp³-hybridized carbons (Fsp3) is 0.750. The summed E-state index contributed by atoms with van der Waals surface area (Å²) in [7, 11) is 3.94. The molecular formula is C4H9N3. The van der Waals surface area contributed by atoms with Crippen LogP contribution >= 0.6 is 0 Å². The van der Waals surface area contributed by atoms with Gasteiger partial charge in [0.05, 0.1) is 6.67 Å². The van der Waals surface area contributed by atoms with Crippen molar-refractivity contribution >= 4 is 0 Å². The van der Waals surface area contributed by atoms with Gasteiger partial charge in [-0.25, -0.2) is 10.0 Å². The van der Waals surface area contributed by atoms with E-state index in [0.717, 1.165) is 6.67 Å². The number of hydrogen-bond donors (Lipinski definition) is 1. The van der Waals surface area contributed by atoms with Crippen molar-refractivity contribution in [3.8, 4) is 0 Å². The zero-order valence-corrected chi connectivity index (χ0v) is 4.60. The predicted molar refractivity (Wildman–Crippen MR) is 26.8 cm³/mol. The molecule has 7 heavy (non-hydrogen) atoms. The maximum absolute atomic E-state index is 2.92. The summed E-state index contributed by atoms with van der Waals surface area (Å²) in [5, 5.41) is 6.81. The van der Waals surface area contributed by atoms with Crippen molar-refractivity contribution in [2.75, 3.05) is 20.8 Å². The van der Waals surface area contributed by atoms with E-state index in [1.54, 1.807) is 0 Å². The van der Waals surface area contributed by atoms with E-state index in [-0.39, 0.29) is 0 Å². The average Bonchev–Trinajstić information content (AvgIpc) is 1.91. The minimum absolute atomic E-state index is 0.872. The van der Waals surface area contributed by atoms with Gasteiger partial charge in [0, 0.05) is 14.1 Å². The molecule has 1 heterocycles. The smallest absolute Gasteiger partial charge is 0.159 e. The molecule has 2 radical (unpaired) electrons. The topological polar surface area (TPSA) is 18.5 Å². The Kier molecular flexibility index (Phi) is 1.27. The summed E-state index contributed by atoms with van der Waals surface area (Å²) in [5.74, 6) is 0. The Balaban J connectivity index is 2.33. The molecule has 0 amide bonds. The molecule has 0 spiro atoms. The fourth-order valence-electron chi connectivity index (χ4n) is 0.456. The highest BCUT2D eigenvalue weighted by Crippen LogP contribution is 1.95. The van der Waals surface area contributed by atoms with Gasteiger partial charge in [0.15, 0.2) is 6.67 Å². The van der Waals surface area contributed by atoms with Crippen LogP contribution in [0.25, 0.3) is 0 Å². The van der Waals surface area contributed by atoms with Crippen molar-refractivity contribution in [1.29, 1.82) is 0 Å². The van der Waals surface area contributed by atoms with Crippen LogP contribution in [0.3, 0.4) is 0 Å². The monoisotopic (exact) mass is 99.1 g/mol. The standard InChI is InChI=1S/C4H9N3/c1-6-3-5-4-7(6)2/h5H,3H2,1-2H3. The second kappa shape index (κ2) is 1.78. The van der Waals surface area contributed by atoms with Crippen LogP contribution in [0.1, 0.15) is 0 Å². The van der Waals surface area contributed by atoms with E-state index >= 15 is 0 Å². The first-order valence-electron chi connectivity index (χ1n) is 2.24. The first-order valence-corrected chi connectivity index (χ1v) is 2.24. The quantitative estimate of drug-likeness (QED) is 0.434. The summed E-state index contributed by atoms with van der Waals surface area (Å²) < 4.78 is 0. The van der Waals surface area contributed by atoms with Crippen LogP contribution in [0, 0.1) is 6.67 Å². The molecule has 0 aliphatic carbocycles. The lowest BCUT2D eigenvalue weighted by molar-refractivity contribution is 0.111. The molecule has 1 fully saturated rings. The summed E-state index contributed by atoms with van der Waals surface area (Å²) in [6.07, 6.45) is 0. The van der Waals surface area contributed by atoms with E-state index < -0.39 is 0 Å². The first-order chi connectivity index (χ1) is 3.30. The minimum Gasteiger partial charge on any atom is -0.278 e. The molecule has 1 saturated heterocycles. The van der Waals surface area contributed by atoms with Crippen molar-refractivity contribution in [2.45, 2.75) is 0 Å². The molecular weight excluding hydrogens is 90.1 g/mol. The van der Waals surface area contributed by atoms with Crippen LogP contribution in [0.2, 0.25) is 0 Å². The van der Waals surface area contributed by atoms with Crippen LogP contribution in [-0.2, 0) is 0 Å². The van der Waals surface area contributed by atoms with Crippen molar-refractivity contribution in [3.05, 3.63) is 6.67 Å². The Morgan fingerprint density at radius 2 is 2.29 bits per heavy atom. The number of nitrogens with one attached hydrogen (secondary N) is 1. The van der Waals surface area contributed by atoms with Crippen LogP contribution in [-0.4, -0.2) is 30.8 Å². The Bertz CT molecular complexity index is 56.0. The van der Waals surface area contributed by atoms with Gasteiger partial charge in [-0.1, -0.05) is 0 Å². The lowest BCUT2D eigenvalue weighted by atomic mass is 11.0. The molecule has 1 N–H and O–H groups in total. The van der Waals surface area contributed by atoms with Crippen LogP contribution in [0.15, 0.2) is 0 Å². The van der Waals surface area contributed by atoms with Crippen LogP contribution in [0.4, 0.5) is 0 Å². The third kappa shape index (κ3) is 0.907. The second-order valence-corrected chi connectivity index (χ2v) is 1.63. The van der Waals surface area contributed by atoms with Crippen molar-refractivity contribution in [1.82, 2.24) is 15.3 Å². The first kappa shape index (κ1) is 5.03. The summed E-state index contributed by atoms with van der Waals surface area (Å²) >= 11 is 0. The van der Waals surface area contributed by atoms with Gasteiger partial charge in [-0.2, -0.15) is 0 Å². The molecule has 0 aromatic rings. The third-order valence-electron chi connectivity index (χ3n) is 1.06. The maximum atomic E-state index is 2.92. The van der Waals surface area contributed by atoms with Crippen LogP contribution < -0.4 is 5.32 Å². The van der Waals surface area contributed by atoms with Crippen molar-refractivity contribution < 1.29 is 0 Å². The highest BCUT2D eigenvalue weighted by Gasteiger charge is 2.12. The molecule has 40 valence electrons. The number of nitrogens with zero attached hydrogens (tertiary/aromatic N) is 2. The van der Waals surface area contributed by atoms with E-state index in [1.807, 2.05) is 24.1 Å². The number of hydrazine groups is 1. The molecule has 0 atom stereocenters. The van der Waals surface area contributed by atoms with Gasteiger partial charge >= 0.3 is 0 Å². The summed E-state index contributed by atoms with van der Waals surface area (Å²) in [6.45, 7) is 3.75. The summed E-state index contributed by atoms with van der Waals surface area (Å²) in [4.78, 5) is 0. The number of rotatable bonds is 0. The SMILES string of the molecule is CN1[C]NCN1C. The van der Waals surface area contributed by atoms with Gasteiger partial charge in [-0.3, -0.25) is 5.32 Å². The van der Waals surface area contributed by atoms with E-state index in [4.69, 9.17) is 0 Å². The number of hydrogen-bond acceptors (Lipinski definition) is 3. The van der Waals surface area contributed by atoms with Gasteiger partial charge in [-0.15, -0.1) is 0 Å². The van der Waals surface area contributed by atoms with Crippen molar-refractivity contribution in [3.63, 3.8) is 0 Å². The zero-order valence-electron chi connectivity index (χ0n) is 4.60. The summed E-state index contributed by atoms with van der Waals surface area (Å²) in [6, 6.07) is 0. The maximum Gasteiger partial charge on any atom is 0.159 e. The molecule has 3 heteroatoms. The van der Waals surface area contributed by atoms with Gasteiger partial charge in [0.1, 0.15) is 0 Å². The van der Waals surface area contributed by atoms with E-state index in [2.05, 4.69) is 12.0 Å². The molecule has 0 bridgehead atoms. The Morgan fingerprint density at radius 1 is 1.57 bits per heavy atom. The van der Waals surface area contributed by atoms with Gasteiger partial charge in [-0.05, 0) is 0 Å². The van der Waals surface area contributed by atoms with E-state index in [0.29, 0.717) is 0 Å². The lowest BCUT2D eigenvalue weighted by Crippen LogP contribution is -2.26. The van der Waals surface area contributed by atoms with Crippen LogP contribution in [0.5, 0.6) is 0 Å². The third-order valence-corrected chi connectivity index (χ3v) is 1.06. The van der Waals surface area contributed by atoms with E-state index in [1.165, 1.54) is 0 Å². The molecule has 3 nitrogen and oxygen atoms in total. The van der Waals surface area contributed by atoms with Crippen molar-refractivity contribution in [2.24, 2.45) is 0 Å². The van der Waals surface area contributed by atoms with Gasteiger partial charge in [0.2, 0.25) is 0 Å². The second-order valence-electron chi connectivity index (χ2n) is 1.63. The molecule has 1 rings (SSSR count). The van der Waals surface area contributed by atoms with Gasteiger partial charge in [0.25, 0.3) is 0 Å². The zero-order chi connectivity index (χ0) is 5.28. The fourth-order valence-corrected chi connectivity index (χ4v) is 0.456. The minimum atomic E-state index is 0.872. The molecule has 0 aromatic carbocycles. The normalized spacial score (nSPS) is 26.6. The Morgan fingerprint density at radius 3 is 2.43 bits per heavy atom. The van der Waals surface area contributed by atoms with Gasteiger partial charge < -0.3 is 0 Å². The highest BCUT2D eigenvalue weighted by molar-refractivity contribution is 4.64. The molecule has 0 saturated carbocycles. The molecule has 1 aliphatic heterocycles.